The second-order valence-electron chi connectivity index (χ2n) is 10.2. The Morgan fingerprint density at radius 1 is 1.03 bits per heavy atom. The van der Waals surface area contributed by atoms with E-state index in [0.717, 1.165) is 36.9 Å². The number of nitrogens with zero attached hydrogens (tertiary/aromatic N) is 4. The number of hydrogen-bond acceptors (Lipinski definition) is 7. The number of carbonyl (C=O) groups is 4. The summed E-state index contributed by atoms with van der Waals surface area (Å²) in [5.74, 6) is -1.63. The van der Waals surface area contributed by atoms with E-state index < -0.39 is 18.0 Å². The van der Waals surface area contributed by atoms with Gasteiger partial charge in [-0.3, -0.25) is 14.4 Å². The summed E-state index contributed by atoms with van der Waals surface area (Å²) in [7, 11) is 0. The maximum absolute atomic E-state index is 13.5. The zero-order chi connectivity index (χ0) is 27.8. The lowest BCUT2D eigenvalue weighted by Gasteiger charge is -2.35. The molecule has 1 saturated heterocycles. The number of Topliss-reactive ketones (excluding diaryl/α,β-unsaturated/α-hetero) is 1. The summed E-state index contributed by atoms with van der Waals surface area (Å²) in [5.41, 5.74) is 1.87. The predicted octanol–water partition coefficient (Wildman–Crippen LogP) is 4.16. The van der Waals surface area contributed by atoms with E-state index in [1.54, 1.807) is 15.9 Å². The fourth-order valence-electron chi connectivity index (χ4n) is 4.62. The van der Waals surface area contributed by atoms with Crippen molar-refractivity contribution in [2.24, 2.45) is 5.92 Å². The van der Waals surface area contributed by atoms with Crippen molar-refractivity contribution in [1.29, 1.82) is 0 Å². The zero-order valence-corrected chi connectivity index (χ0v) is 22.4. The summed E-state index contributed by atoms with van der Waals surface area (Å²) in [4.78, 5) is 62.9. The van der Waals surface area contributed by atoms with Gasteiger partial charge in [0, 0.05) is 62.1 Å². The van der Waals surface area contributed by atoms with Gasteiger partial charge in [0.15, 0.2) is 11.6 Å². The van der Waals surface area contributed by atoms with Crippen molar-refractivity contribution in [1.82, 2.24) is 19.8 Å². The van der Waals surface area contributed by atoms with Gasteiger partial charge in [-0.1, -0.05) is 43.7 Å². The van der Waals surface area contributed by atoms with Crippen molar-refractivity contribution in [3.05, 3.63) is 47.8 Å². The van der Waals surface area contributed by atoms with Gasteiger partial charge in [0.2, 0.25) is 5.91 Å². The molecular formula is C29H36N4O6. The van der Waals surface area contributed by atoms with Gasteiger partial charge in [-0.15, -0.1) is 0 Å². The normalized spacial score (nSPS) is 16.0. The second kappa shape index (κ2) is 13.3. The van der Waals surface area contributed by atoms with Gasteiger partial charge in [0.05, 0.1) is 6.61 Å². The van der Waals surface area contributed by atoms with Crippen LogP contribution >= 0.6 is 0 Å². The van der Waals surface area contributed by atoms with Crippen molar-refractivity contribution in [2.75, 3.05) is 32.8 Å². The Bertz CT molecular complexity index is 1180. The number of carbonyl (C=O) groups excluding carboxylic acids is 3. The number of ether oxygens (including phenoxy) is 1. The Labute approximate surface area is 228 Å². The van der Waals surface area contributed by atoms with E-state index >= 15 is 0 Å². The number of aliphatic carboxylic acids is 1. The van der Waals surface area contributed by atoms with Crippen molar-refractivity contribution >= 4 is 23.8 Å². The molecule has 2 fully saturated rings. The predicted molar refractivity (Wildman–Crippen MR) is 143 cm³/mol. The van der Waals surface area contributed by atoms with E-state index in [1.165, 1.54) is 0 Å². The molecular weight excluding hydrogens is 500 g/mol. The standard InChI is InChI=1S/C29H36N4O6/c1-2-3-17-39-29(38)33-15-13-32(14-16-33)28(37)22(11-12-26(35)36)18-25(34)24-19-23(20-9-10-20)30-27(31-24)21-7-5-4-6-8-21/h4-8,19-20,22H,2-3,9-18H2,1H3,(H,35,36)/t22-/m1/s1. The maximum atomic E-state index is 13.5. The lowest BCUT2D eigenvalue weighted by molar-refractivity contribution is -0.139. The van der Waals surface area contributed by atoms with Crippen LogP contribution < -0.4 is 0 Å². The third kappa shape index (κ3) is 7.84. The quantitative estimate of drug-likeness (QED) is 0.316. The number of ketones is 1. The Morgan fingerprint density at radius 2 is 1.72 bits per heavy atom. The fraction of sp³-hybridized carbons (Fsp3) is 0.517. The summed E-state index contributed by atoms with van der Waals surface area (Å²) in [6.45, 7) is 3.64. The highest BCUT2D eigenvalue weighted by Gasteiger charge is 2.32. The number of carboxylic acids is 1. The molecule has 2 amide bonds. The van der Waals surface area contributed by atoms with E-state index in [2.05, 4.69) is 9.97 Å². The molecule has 0 radical (unpaired) electrons. The molecule has 10 heteroatoms. The number of aromatic nitrogens is 2. The van der Waals surface area contributed by atoms with Gasteiger partial charge < -0.3 is 19.6 Å². The van der Waals surface area contributed by atoms with Gasteiger partial charge >= 0.3 is 12.1 Å². The minimum atomic E-state index is -1.02. The first-order valence-corrected chi connectivity index (χ1v) is 13.8. The molecule has 0 spiro atoms. The highest BCUT2D eigenvalue weighted by Crippen LogP contribution is 2.39. The molecule has 1 N–H and O–H groups in total. The molecule has 208 valence electrons. The second-order valence-corrected chi connectivity index (χ2v) is 10.2. The van der Waals surface area contributed by atoms with Crippen molar-refractivity contribution < 1.29 is 29.0 Å². The molecule has 10 nitrogen and oxygen atoms in total. The van der Waals surface area contributed by atoms with Crippen molar-refractivity contribution in [3.8, 4) is 11.4 Å². The van der Waals surface area contributed by atoms with Crippen molar-refractivity contribution in [2.45, 2.75) is 57.8 Å². The third-order valence-corrected chi connectivity index (χ3v) is 7.12. The van der Waals surface area contributed by atoms with Crippen LogP contribution in [-0.4, -0.2) is 81.4 Å². The van der Waals surface area contributed by atoms with Crippen LogP contribution in [0.25, 0.3) is 11.4 Å². The maximum Gasteiger partial charge on any atom is 0.409 e. The summed E-state index contributed by atoms with van der Waals surface area (Å²) in [6.07, 6.45) is 3.04. The van der Waals surface area contributed by atoms with E-state index in [9.17, 15) is 24.3 Å². The molecule has 2 aromatic rings. The molecule has 0 bridgehead atoms. The lowest BCUT2D eigenvalue weighted by Crippen LogP contribution is -2.52. The monoisotopic (exact) mass is 536 g/mol. The van der Waals surface area contributed by atoms with E-state index in [0.29, 0.717) is 44.5 Å². The van der Waals surface area contributed by atoms with Crippen LogP contribution in [0.4, 0.5) is 4.79 Å². The third-order valence-electron chi connectivity index (χ3n) is 7.12. The first-order chi connectivity index (χ1) is 18.9. The summed E-state index contributed by atoms with van der Waals surface area (Å²) < 4.78 is 5.27. The molecule has 1 aliphatic heterocycles. The van der Waals surface area contributed by atoms with E-state index in [-0.39, 0.29) is 36.6 Å². The molecule has 0 unspecified atom stereocenters. The van der Waals surface area contributed by atoms with Crippen LogP contribution in [-0.2, 0) is 14.3 Å². The fourth-order valence-corrected chi connectivity index (χ4v) is 4.62. The van der Waals surface area contributed by atoms with Gasteiger partial charge in [-0.25, -0.2) is 14.8 Å². The number of hydrogen-bond donors (Lipinski definition) is 1. The van der Waals surface area contributed by atoms with Gasteiger partial charge in [-0.05, 0) is 31.7 Å². The Morgan fingerprint density at radius 3 is 2.36 bits per heavy atom. The molecule has 1 aromatic carbocycles. The summed E-state index contributed by atoms with van der Waals surface area (Å²) in [5, 5.41) is 9.27. The van der Waals surface area contributed by atoms with Gasteiger partial charge in [0.1, 0.15) is 5.69 Å². The number of rotatable bonds is 12. The molecule has 1 aliphatic carbocycles. The number of carboxylic acid groups (broad SMARTS) is 1. The Balaban J connectivity index is 1.45. The first-order valence-electron chi connectivity index (χ1n) is 13.8. The van der Waals surface area contributed by atoms with Crippen LogP contribution in [0.15, 0.2) is 36.4 Å². The molecule has 39 heavy (non-hydrogen) atoms. The molecule has 1 atom stereocenters. The Kier molecular flexibility index (Phi) is 9.62. The summed E-state index contributed by atoms with van der Waals surface area (Å²) >= 11 is 0. The zero-order valence-electron chi connectivity index (χ0n) is 22.4. The largest absolute Gasteiger partial charge is 0.481 e. The first kappa shape index (κ1) is 28.2. The average molecular weight is 537 g/mol. The highest BCUT2D eigenvalue weighted by atomic mass is 16.6. The number of amides is 2. The molecule has 4 rings (SSSR count). The SMILES string of the molecule is CCCCOC(=O)N1CCN(C(=O)[C@H](CCC(=O)O)CC(=O)c2cc(C3CC3)nc(-c3ccccc3)n2)CC1. The highest BCUT2D eigenvalue weighted by molar-refractivity contribution is 5.97. The van der Waals surface area contributed by atoms with Crippen LogP contribution in [0.2, 0.25) is 0 Å². The van der Waals surface area contributed by atoms with Gasteiger partial charge in [-0.2, -0.15) is 0 Å². The number of benzene rings is 1. The van der Waals surface area contributed by atoms with Gasteiger partial charge in [0.25, 0.3) is 0 Å². The topological polar surface area (TPSA) is 130 Å². The van der Waals surface area contributed by atoms with Crippen LogP contribution in [0.1, 0.15) is 74.0 Å². The smallest absolute Gasteiger partial charge is 0.409 e. The number of piperazine rings is 1. The molecule has 1 aromatic heterocycles. The van der Waals surface area contributed by atoms with Crippen molar-refractivity contribution in [3.63, 3.8) is 0 Å². The Hall–Kier alpha value is -3.82. The lowest BCUT2D eigenvalue weighted by atomic mass is 9.93. The van der Waals surface area contributed by atoms with E-state index in [1.807, 2.05) is 37.3 Å². The molecule has 1 saturated carbocycles. The average Bonchev–Trinajstić information content (AvgIpc) is 3.81. The minimum absolute atomic E-state index is 0.0469. The number of unbranched alkanes of at least 4 members (excludes halogenated alkanes) is 1. The van der Waals surface area contributed by atoms with Crippen LogP contribution in [0.5, 0.6) is 0 Å². The van der Waals surface area contributed by atoms with E-state index in [4.69, 9.17) is 4.74 Å². The molecule has 2 heterocycles. The molecule has 2 aliphatic rings. The summed E-state index contributed by atoms with van der Waals surface area (Å²) in [6, 6.07) is 11.2. The minimum Gasteiger partial charge on any atom is -0.481 e. The van der Waals surface area contributed by atoms with Crippen LogP contribution in [0, 0.1) is 5.92 Å². The van der Waals surface area contributed by atoms with Crippen LogP contribution in [0.3, 0.4) is 0 Å².